The number of rotatable bonds is 3. The fourth-order valence-corrected chi connectivity index (χ4v) is 1.84. The summed E-state index contributed by atoms with van der Waals surface area (Å²) >= 11 is 0. The summed E-state index contributed by atoms with van der Waals surface area (Å²) in [4.78, 5) is 10.9. The highest BCUT2D eigenvalue weighted by Crippen LogP contribution is 2.25. The number of aromatic nitrogens is 1. The van der Waals surface area contributed by atoms with E-state index in [4.69, 9.17) is 4.74 Å². The number of carbonyl (C=O) groups is 1. The zero-order valence-electron chi connectivity index (χ0n) is 9.73. The van der Waals surface area contributed by atoms with Crippen LogP contribution >= 0.6 is 0 Å². The van der Waals surface area contributed by atoms with Gasteiger partial charge in [0.1, 0.15) is 5.75 Å². The van der Waals surface area contributed by atoms with Crippen LogP contribution in [-0.4, -0.2) is 17.0 Å². The fraction of sp³-hybridized carbons (Fsp3) is 0.308. The molecule has 84 valence electrons. The van der Waals surface area contributed by atoms with E-state index in [1.54, 1.807) is 0 Å². The maximum absolute atomic E-state index is 10.9. The minimum absolute atomic E-state index is 0.140. The predicted molar refractivity (Wildman–Crippen MR) is 64.1 cm³/mol. The van der Waals surface area contributed by atoms with Crippen LogP contribution < -0.4 is 4.74 Å². The van der Waals surface area contributed by atoms with Gasteiger partial charge in [0.15, 0.2) is 6.29 Å². The van der Waals surface area contributed by atoms with Crippen molar-refractivity contribution < 1.29 is 9.53 Å². The maximum Gasteiger partial charge on any atom is 0.152 e. The number of fused-ring (bicyclic) bond motifs is 1. The van der Waals surface area contributed by atoms with Gasteiger partial charge in [-0.1, -0.05) is 0 Å². The molecule has 1 aromatic carbocycles. The predicted octanol–water partition coefficient (Wildman–Crippen LogP) is 2.78. The average molecular weight is 217 g/mol. The van der Waals surface area contributed by atoms with E-state index in [-0.39, 0.29) is 6.10 Å². The number of aryl methyl sites for hydroxylation is 1. The van der Waals surface area contributed by atoms with Crippen LogP contribution in [0.25, 0.3) is 10.9 Å². The zero-order valence-corrected chi connectivity index (χ0v) is 9.73. The Morgan fingerprint density at radius 1 is 1.38 bits per heavy atom. The molecular weight excluding hydrogens is 202 g/mol. The van der Waals surface area contributed by atoms with Gasteiger partial charge >= 0.3 is 0 Å². The summed E-state index contributed by atoms with van der Waals surface area (Å²) in [7, 11) is 1.93. The second-order valence-corrected chi connectivity index (χ2v) is 4.16. The molecule has 1 heterocycles. The average Bonchev–Trinajstić information content (AvgIpc) is 2.54. The summed E-state index contributed by atoms with van der Waals surface area (Å²) in [6.45, 7) is 3.96. The summed E-state index contributed by atoms with van der Waals surface area (Å²) in [5.74, 6) is 0.803. The molecule has 0 amide bonds. The van der Waals surface area contributed by atoms with Crippen molar-refractivity contribution in [3.8, 4) is 5.75 Å². The number of hydrogen-bond donors (Lipinski definition) is 0. The lowest BCUT2D eigenvalue weighted by Gasteiger charge is -2.09. The van der Waals surface area contributed by atoms with Crippen LogP contribution in [0.1, 0.15) is 24.2 Å². The van der Waals surface area contributed by atoms with E-state index in [1.807, 2.05) is 49.9 Å². The number of aldehydes is 1. The summed E-state index contributed by atoms with van der Waals surface area (Å²) in [6.07, 6.45) is 2.85. The van der Waals surface area contributed by atoms with Gasteiger partial charge in [0, 0.05) is 29.7 Å². The number of hydrogen-bond acceptors (Lipinski definition) is 2. The van der Waals surface area contributed by atoms with Crippen LogP contribution in [0.2, 0.25) is 0 Å². The molecule has 1 aromatic heterocycles. The van der Waals surface area contributed by atoms with Crippen LogP contribution in [0.5, 0.6) is 5.75 Å². The van der Waals surface area contributed by atoms with Crippen molar-refractivity contribution in [2.75, 3.05) is 0 Å². The third kappa shape index (κ3) is 1.81. The fourth-order valence-electron chi connectivity index (χ4n) is 1.84. The molecule has 0 radical (unpaired) electrons. The first-order valence-corrected chi connectivity index (χ1v) is 5.32. The van der Waals surface area contributed by atoms with Crippen molar-refractivity contribution in [2.24, 2.45) is 7.05 Å². The van der Waals surface area contributed by atoms with Crippen LogP contribution in [0.15, 0.2) is 24.4 Å². The van der Waals surface area contributed by atoms with E-state index in [0.29, 0.717) is 5.56 Å². The smallest absolute Gasteiger partial charge is 0.152 e. The zero-order chi connectivity index (χ0) is 11.7. The van der Waals surface area contributed by atoms with Gasteiger partial charge in [-0.05, 0) is 32.0 Å². The van der Waals surface area contributed by atoms with E-state index in [2.05, 4.69) is 0 Å². The highest BCUT2D eigenvalue weighted by molar-refractivity contribution is 5.98. The van der Waals surface area contributed by atoms with Gasteiger partial charge < -0.3 is 9.30 Å². The van der Waals surface area contributed by atoms with Gasteiger partial charge in [-0.25, -0.2) is 0 Å². The molecule has 0 unspecified atom stereocenters. The van der Waals surface area contributed by atoms with E-state index in [9.17, 15) is 4.79 Å². The standard InChI is InChI=1S/C13H15NO2/c1-9(2)16-11-4-5-13-12(6-11)10(8-15)7-14(13)3/h4-9H,1-3H3. The molecule has 2 aromatic rings. The Bertz CT molecular complexity index is 526. The maximum atomic E-state index is 10.9. The third-order valence-electron chi connectivity index (χ3n) is 2.49. The second-order valence-electron chi connectivity index (χ2n) is 4.16. The van der Waals surface area contributed by atoms with E-state index < -0.39 is 0 Å². The molecule has 0 bridgehead atoms. The molecule has 2 rings (SSSR count). The summed E-state index contributed by atoms with van der Waals surface area (Å²) in [6, 6.07) is 5.82. The summed E-state index contributed by atoms with van der Waals surface area (Å²) in [5.41, 5.74) is 1.74. The van der Waals surface area contributed by atoms with Gasteiger partial charge in [-0.2, -0.15) is 0 Å². The van der Waals surface area contributed by atoms with Gasteiger partial charge in [0.2, 0.25) is 0 Å². The molecule has 0 atom stereocenters. The van der Waals surface area contributed by atoms with E-state index in [0.717, 1.165) is 22.9 Å². The van der Waals surface area contributed by atoms with Crippen LogP contribution in [0, 0.1) is 0 Å². The molecular formula is C13H15NO2. The summed E-state index contributed by atoms with van der Waals surface area (Å²) < 4.78 is 7.55. The molecule has 0 saturated carbocycles. The van der Waals surface area contributed by atoms with Gasteiger partial charge in [-0.3, -0.25) is 4.79 Å². The molecule has 0 N–H and O–H groups in total. The van der Waals surface area contributed by atoms with Gasteiger partial charge in [-0.15, -0.1) is 0 Å². The van der Waals surface area contributed by atoms with Crippen molar-refractivity contribution in [2.45, 2.75) is 20.0 Å². The van der Waals surface area contributed by atoms with Crippen LogP contribution in [0.3, 0.4) is 0 Å². The van der Waals surface area contributed by atoms with Crippen molar-refractivity contribution in [1.29, 1.82) is 0 Å². The van der Waals surface area contributed by atoms with Crippen LogP contribution in [0.4, 0.5) is 0 Å². The first-order valence-electron chi connectivity index (χ1n) is 5.32. The lowest BCUT2D eigenvalue weighted by Crippen LogP contribution is -2.05. The highest BCUT2D eigenvalue weighted by Gasteiger charge is 2.07. The number of benzene rings is 1. The Morgan fingerprint density at radius 2 is 2.12 bits per heavy atom. The quantitative estimate of drug-likeness (QED) is 0.740. The molecule has 16 heavy (non-hydrogen) atoms. The molecule has 0 aliphatic carbocycles. The molecule has 0 saturated heterocycles. The highest BCUT2D eigenvalue weighted by atomic mass is 16.5. The minimum atomic E-state index is 0.140. The Hall–Kier alpha value is -1.77. The van der Waals surface area contributed by atoms with E-state index in [1.165, 1.54) is 0 Å². The lowest BCUT2D eigenvalue weighted by molar-refractivity contribution is 0.112. The molecule has 0 aliphatic heterocycles. The molecule has 3 nitrogen and oxygen atoms in total. The van der Waals surface area contributed by atoms with Crippen molar-refractivity contribution in [3.05, 3.63) is 30.0 Å². The monoisotopic (exact) mass is 217 g/mol. The molecule has 0 spiro atoms. The largest absolute Gasteiger partial charge is 0.491 e. The van der Waals surface area contributed by atoms with Crippen molar-refractivity contribution >= 4 is 17.2 Å². The third-order valence-corrected chi connectivity index (χ3v) is 2.49. The Kier molecular flexibility index (Phi) is 2.69. The Balaban J connectivity index is 2.55. The van der Waals surface area contributed by atoms with E-state index >= 15 is 0 Å². The van der Waals surface area contributed by atoms with Crippen molar-refractivity contribution in [1.82, 2.24) is 4.57 Å². The molecule has 0 fully saturated rings. The van der Waals surface area contributed by atoms with Crippen LogP contribution in [-0.2, 0) is 7.05 Å². The molecule has 3 heteroatoms. The Labute approximate surface area is 94.6 Å². The lowest BCUT2D eigenvalue weighted by atomic mass is 10.2. The summed E-state index contributed by atoms with van der Waals surface area (Å²) in [5, 5.41) is 0.940. The normalized spacial score (nSPS) is 11.0. The van der Waals surface area contributed by atoms with Gasteiger partial charge in [0.05, 0.1) is 6.10 Å². The van der Waals surface area contributed by atoms with Crippen molar-refractivity contribution in [3.63, 3.8) is 0 Å². The number of ether oxygens (including phenoxy) is 1. The van der Waals surface area contributed by atoms with Gasteiger partial charge in [0.25, 0.3) is 0 Å². The first kappa shape index (κ1) is 10.7. The number of nitrogens with zero attached hydrogens (tertiary/aromatic N) is 1. The second kappa shape index (κ2) is 4.00. The number of carbonyl (C=O) groups excluding carboxylic acids is 1. The SMILES string of the molecule is CC(C)Oc1ccc2c(c1)c(C=O)cn2C. The minimum Gasteiger partial charge on any atom is -0.491 e. The first-order chi connectivity index (χ1) is 7.61. The topological polar surface area (TPSA) is 31.2 Å². The Morgan fingerprint density at radius 3 is 2.75 bits per heavy atom. The molecule has 0 aliphatic rings.